The van der Waals surface area contributed by atoms with Crippen LogP contribution >= 0.6 is 24.0 Å². The number of carbonyl (C=O) groups is 1. The summed E-state index contributed by atoms with van der Waals surface area (Å²) in [4.78, 5) is 11.3. The van der Waals surface area contributed by atoms with Crippen LogP contribution in [0, 0.1) is 23.7 Å². The Hall–Kier alpha value is -0.290. The third kappa shape index (κ3) is 3.39. The Bertz CT molecular complexity index is 412. The molecule has 0 aromatic carbocycles. The molecule has 0 saturated heterocycles. The molecule has 0 aromatic heterocycles. The SMILES string of the molecule is CCCC(=O)OCSC(=S)O[C@H]1C[C@H]2C[C@@H]1C1CCCC12. The minimum atomic E-state index is -0.151. The number of esters is 1. The Morgan fingerprint density at radius 3 is 2.86 bits per heavy atom. The quantitative estimate of drug-likeness (QED) is 0.430. The Morgan fingerprint density at radius 1 is 1.24 bits per heavy atom. The van der Waals surface area contributed by atoms with Crippen molar-refractivity contribution in [2.45, 2.75) is 58.0 Å². The van der Waals surface area contributed by atoms with Crippen LogP contribution in [-0.4, -0.2) is 22.4 Å². The van der Waals surface area contributed by atoms with Crippen LogP contribution in [0.4, 0.5) is 0 Å². The Kier molecular flexibility index (Phi) is 5.10. The van der Waals surface area contributed by atoms with E-state index in [1.165, 1.54) is 43.9 Å². The predicted molar refractivity (Wildman–Crippen MR) is 88.0 cm³/mol. The standard InChI is InChI=1S/C16H24O3S2/c1-2-4-15(17)18-9-21-16(20)19-14-8-10-7-13(14)12-6-3-5-11(10)12/h10-14H,2-9H2,1H3/t10-,11?,12?,13-,14+/m1/s1. The van der Waals surface area contributed by atoms with Gasteiger partial charge in [-0.2, -0.15) is 0 Å². The van der Waals surface area contributed by atoms with Gasteiger partial charge in [-0.3, -0.25) is 4.79 Å². The van der Waals surface area contributed by atoms with Crippen LogP contribution in [0.3, 0.4) is 0 Å². The molecule has 0 heterocycles. The summed E-state index contributed by atoms with van der Waals surface area (Å²) in [7, 11) is 0. The van der Waals surface area contributed by atoms with Crippen LogP contribution in [0.5, 0.6) is 0 Å². The molecule has 3 nitrogen and oxygen atoms in total. The molecule has 3 rings (SSSR count). The van der Waals surface area contributed by atoms with Crippen molar-refractivity contribution < 1.29 is 14.3 Å². The number of thiocarbonyl (C=S) groups is 1. The maximum atomic E-state index is 11.3. The van der Waals surface area contributed by atoms with Gasteiger partial charge in [0.1, 0.15) is 12.0 Å². The van der Waals surface area contributed by atoms with Crippen molar-refractivity contribution in [1.29, 1.82) is 0 Å². The molecule has 3 aliphatic carbocycles. The fourth-order valence-corrected chi connectivity index (χ4v) is 5.46. The molecule has 0 N–H and O–H groups in total. The van der Waals surface area contributed by atoms with Crippen LogP contribution in [0.1, 0.15) is 51.9 Å². The lowest BCUT2D eigenvalue weighted by Gasteiger charge is -2.31. The van der Waals surface area contributed by atoms with Gasteiger partial charge in [0.05, 0.1) is 0 Å². The highest BCUT2D eigenvalue weighted by molar-refractivity contribution is 8.22. The second kappa shape index (κ2) is 6.86. The second-order valence-electron chi connectivity index (χ2n) is 6.59. The third-order valence-corrected chi connectivity index (χ3v) is 6.48. The number of hydrogen-bond acceptors (Lipinski definition) is 5. The second-order valence-corrected chi connectivity index (χ2v) is 8.11. The molecule has 5 heteroatoms. The number of hydrogen-bond donors (Lipinski definition) is 0. The van der Waals surface area contributed by atoms with Gasteiger partial charge in [0.2, 0.25) is 4.38 Å². The summed E-state index contributed by atoms with van der Waals surface area (Å²) in [5.74, 6) is 3.60. The molecule has 118 valence electrons. The fraction of sp³-hybridized carbons (Fsp3) is 0.875. The van der Waals surface area contributed by atoms with Crippen LogP contribution in [0.2, 0.25) is 0 Å². The summed E-state index contributed by atoms with van der Waals surface area (Å²) in [6.07, 6.45) is 8.37. The van der Waals surface area contributed by atoms with Gasteiger partial charge >= 0.3 is 5.97 Å². The van der Waals surface area contributed by atoms with E-state index in [1.807, 2.05) is 6.92 Å². The molecule has 0 aliphatic heterocycles. The Morgan fingerprint density at radius 2 is 2.05 bits per heavy atom. The fourth-order valence-electron chi connectivity index (χ4n) is 4.72. The average molecular weight is 328 g/mol. The molecule has 3 fully saturated rings. The summed E-state index contributed by atoms with van der Waals surface area (Å²) in [6.45, 7) is 1.97. The van der Waals surface area contributed by atoms with Crippen molar-refractivity contribution in [3.63, 3.8) is 0 Å². The zero-order valence-corrected chi connectivity index (χ0v) is 14.2. The first-order valence-corrected chi connectivity index (χ1v) is 9.57. The molecule has 0 amide bonds. The largest absolute Gasteiger partial charge is 0.475 e. The van der Waals surface area contributed by atoms with Gasteiger partial charge in [-0.05, 0) is 79.8 Å². The van der Waals surface area contributed by atoms with E-state index in [9.17, 15) is 4.79 Å². The normalized spacial score (nSPS) is 36.5. The minimum Gasteiger partial charge on any atom is -0.475 e. The van der Waals surface area contributed by atoms with E-state index in [-0.39, 0.29) is 11.9 Å². The number of rotatable bonds is 5. The summed E-state index contributed by atoms with van der Waals surface area (Å²) in [6, 6.07) is 0. The molecule has 3 saturated carbocycles. The van der Waals surface area contributed by atoms with Crippen molar-refractivity contribution in [3.8, 4) is 0 Å². The summed E-state index contributed by atoms with van der Waals surface area (Å²) < 4.78 is 11.7. The van der Waals surface area contributed by atoms with Gasteiger partial charge in [-0.1, -0.05) is 13.3 Å². The van der Waals surface area contributed by atoms with E-state index in [4.69, 9.17) is 21.7 Å². The van der Waals surface area contributed by atoms with Crippen LogP contribution in [0.25, 0.3) is 0 Å². The lowest BCUT2D eigenvalue weighted by atomic mass is 9.80. The highest BCUT2D eigenvalue weighted by atomic mass is 32.2. The van der Waals surface area contributed by atoms with E-state index in [1.54, 1.807) is 0 Å². The summed E-state index contributed by atoms with van der Waals surface area (Å²) in [5, 5.41) is 0. The van der Waals surface area contributed by atoms with Crippen molar-refractivity contribution in [2.75, 3.05) is 5.94 Å². The van der Waals surface area contributed by atoms with Crippen molar-refractivity contribution in [3.05, 3.63) is 0 Å². The van der Waals surface area contributed by atoms with E-state index in [0.717, 1.165) is 30.1 Å². The monoisotopic (exact) mass is 328 g/mol. The summed E-state index contributed by atoms with van der Waals surface area (Å²) >= 11 is 6.63. The lowest BCUT2D eigenvalue weighted by molar-refractivity contribution is -0.141. The molecule has 2 unspecified atom stereocenters. The maximum absolute atomic E-state index is 11.3. The first-order valence-electron chi connectivity index (χ1n) is 8.18. The first kappa shape index (κ1) is 15.6. The molecule has 0 spiro atoms. The van der Waals surface area contributed by atoms with E-state index in [2.05, 4.69) is 0 Å². The number of fused-ring (bicyclic) bond motifs is 5. The zero-order valence-electron chi connectivity index (χ0n) is 12.6. The van der Waals surface area contributed by atoms with E-state index in [0.29, 0.717) is 16.9 Å². The number of carbonyl (C=O) groups excluding carboxylic acids is 1. The van der Waals surface area contributed by atoms with Crippen LogP contribution in [0.15, 0.2) is 0 Å². The van der Waals surface area contributed by atoms with Gasteiger partial charge in [0.25, 0.3) is 0 Å². The topological polar surface area (TPSA) is 35.5 Å². The van der Waals surface area contributed by atoms with E-state index >= 15 is 0 Å². The van der Waals surface area contributed by atoms with Gasteiger partial charge in [-0.25, -0.2) is 0 Å². The maximum Gasteiger partial charge on any atom is 0.306 e. The molecule has 21 heavy (non-hydrogen) atoms. The van der Waals surface area contributed by atoms with Gasteiger partial charge < -0.3 is 9.47 Å². The highest BCUT2D eigenvalue weighted by Crippen LogP contribution is 2.59. The Labute approximate surface area is 136 Å². The van der Waals surface area contributed by atoms with Crippen LogP contribution in [-0.2, 0) is 14.3 Å². The number of thioether (sulfide) groups is 1. The van der Waals surface area contributed by atoms with Crippen molar-refractivity contribution in [1.82, 2.24) is 0 Å². The minimum absolute atomic E-state index is 0.151. The predicted octanol–water partition coefficient (Wildman–Crippen LogP) is 4.15. The molecular formula is C16H24O3S2. The number of ether oxygens (including phenoxy) is 2. The average Bonchev–Trinajstić information content (AvgIpc) is 3.10. The summed E-state index contributed by atoms with van der Waals surface area (Å²) in [5.41, 5.74) is 0. The molecular weight excluding hydrogens is 304 g/mol. The molecule has 3 aliphatic rings. The van der Waals surface area contributed by atoms with Crippen LogP contribution < -0.4 is 0 Å². The van der Waals surface area contributed by atoms with Crippen molar-refractivity contribution in [2.24, 2.45) is 23.7 Å². The first-order chi connectivity index (χ1) is 10.2. The lowest BCUT2D eigenvalue weighted by Crippen LogP contribution is -2.31. The smallest absolute Gasteiger partial charge is 0.306 e. The van der Waals surface area contributed by atoms with Gasteiger partial charge in [0.15, 0.2) is 0 Å². The van der Waals surface area contributed by atoms with Gasteiger partial charge in [-0.15, -0.1) is 0 Å². The molecule has 2 bridgehead atoms. The van der Waals surface area contributed by atoms with Crippen molar-refractivity contribution >= 4 is 34.3 Å². The molecule has 0 aromatic rings. The van der Waals surface area contributed by atoms with Gasteiger partial charge in [0, 0.05) is 6.42 Å². The molecule has 5 atom stereocenters. The zero-order chi connectivity index (χ0) is 14.8. The molecule has 0 radical (unpaired) electrons. The van der Waals surface area contributed by atoms with E-state index < -0.39 is 0 Å². The third-order valence-electron chi connectivity index (χ3n) is 5.47. The Balaban J connectivity index is 1.39. The highest BCUT2D eigenvalue weighted by Gasteiger charge is 2.54.